The Hall–Kier alpha value is -1.24. The van der Waals surface area contributed by atoms with Crippen LogP contribution in [0, 0.1) is 11.3 Å². The third kappa shape index (κ3) is 15.1. The standard InChI is InChI=1S/C27H39F3N2OS3/c1-3-4-5-6-7-8-9-10-11-12-19-35-25(34)36-26(2,21-31)18-17-24(33)32-20-22-13-15-23(16-14-22)27(28,29)30/h13-16H,3-12,17-20H2,1-2H3,(H,32,33). The van der Waals surface area contributed by atoms with Gasteiger partial charge in [0.2, 0.25) is 5.91 Å². The van der Waals surface area contributed by atoms with Crippen LogP contribution in [0.1, 0.15) is 102 Å². The van der Waals surface area contributed by atoms with Crippen LogP contribution in [0.25, 0.3) is 0 Å². The van der Waals surface area contributed by atoms with Gasteiger partial charge in [0.05, 0.1) is 11.6 Å². The number of rotatable bonds is 17. The van der Waals surface area contributed by atoms with E-state index >= 15 is 0 Å². The number of hydrogen-bond donors (Lipinski definition) is 1. The van der Waals surface area contributed by atoms with E-state index in [0.29, 0.717) is 12.0 Å². The zero-order valence-corrected chi connectivity index (χ0v) is 23.9. The topological polar surface area (TPSA) is 52.9 Å². The Bertz CT molecular complexity index is 825. The Labute approximate surface area is 228 Å². The number of benzene rings is 1. The van der Waals surface area contributed by atoms with Crippen molar-refractivity contribution in [2.75, 3.05) is 5.75 Å². The van der Waals surface area contributed by atoms with Crippen molar-refractivity contribution in [3.63, 3.8) is 0 Å². The van der Waals surface area contributed by atoms with Crippen molar-refractivity contribution in [3.8, 4) is 6.07 Å². The van der Waals surface area contributed by atoms with Crippen LogP contribution in [-0.4, -0.2) is 19.9 Å². The summed E-state index contributed by atoms with van der Waals surface area (Å²) >= 11 is 8.40. The van der Waals surface area contributed by atoms with Gasteiger partial charge in [0.1, 0.15) is 8.28 Å². The number of thioether (sulfide) groups is 2. The van der Waals surface area contributed by atoms with Crippen molar-refractivity contribution < 1.29 is 18.0 Å². The minimum absolute atomic E-state index is 0.139. The van der Waals surface area contributed by atoms with Gasteiger partial charge in [-0.25, -0.2) is 0 Å². The average molecular weight is 561 g/mol. The largest absolute Gasteiger partial charge is 0.416 e. The predicted molar refractivity (Wildman–Crippen MR) is 151 cm³/mol. The lowest BCUT2D eigenvalue weighted by Gasteiger charge is -2.20. The minimum atomic E-state index is -4.38. The molecule has 1 amide bonds. The highest BCUT2D eigenvalue weighted by atomic mass is 32.2. The van der Waals surface area contributed by atoms with E-state index in [2.05, 4.69) is 18.3 Å². The van der Waals surface area contributed by atoms with Gasteiger partial charge in [0, 0.05) is 13.0 Å². The maximum Gasteiger partial charge on any atom is 0.416 e. The van der Waals surface area contributed by atoms with Crippen molar-refractivity contribution in [2.24, 2.45) is 0 Å². The number of amides is 1. The molecule has 0 aliphatic rings. The van der Waals surface area contributed by atoms with E-state index < -0.39 is 16.5 Å². The maximum absolute atomic E-state index is 12.6. The molecule has 1 N–H and O–H groups in total. The second kappa shape index (κ2) is 18.1. The summed E-state index contributed by atoms with van der Waals surface area (Å²) in [5.41, 5.74) is -0.139. The molecule has 0 heterocycles. The average Bonchev–Trinajstić information content (AvgIpc) is 2.84. The van der Waals surface area contributed by atoms with Gasteiger partial charge in [0.15, 0.2) is 0 Å². The lowest BCUT2D eigenvalue weighted by molar-refractivity contribution is -0.137. The third-order valence-electron chi connectivity index (χ3n) is 5.86. The Kier molecular flexibility index (Phi) is 16.5. The van der Waals surface area contributed by atoms with E-state index in [1.807, 2.05) is 0 Å². The van der Waals surface area contributed by atoms with Gasteiger partial charge in [-0.2, -0.15) is 18.4 Å². The lowest BCUT2D eigenvalue weighted by Crippen LogP contribution is -2.27. The first-order chi connectivity index (χ1) is 17.1. The van der Waals surface area contributed by atoms with Crippen LogP contribution in [0.5, 0.6) is 0 Å². The van der Waals surface area contributed by atoms with Crippen LogP contribution in [0.4, 0.5) is 13.2 Å². The van der Waals surface area contributed by atoms with E-state index in [-0.39, 0.29) is 18.9 Å². The van der Waals surface area contributed by atoms with Crippen LogP contribution in [0.3, 0.4) is 0 Å². The van der Waals surface area contributed by atoms with Crippen molar-refractivity contribution in [3.05, 3.63) is 35.4 Å². The molecule has 0 radical (unpaired) electrons. The van der Waals surface area contributed by atoms with Gasteiger partial charge >= 0.3 is 6.18 Å². The first kappa shape index (κ1) is 32.8. The van der Waals surface area contributed by atoms with E-state index in [4.69, 9.17) is 12.2 Å². The van der Waals surface area contributed by atoms with Crippen molar-refractivity contribution in [2.45, 2.75) is 108 Å². The van der Waals surface area contributed by atoms with Gasteiger partial charge in [-0.05, 0) is 43.2 Å². The Morgan fingerprint density at radius 1 is 1.00 bits per heavy atom. The Morgan fingerprint density at radius 3 is 2.08 bits per heavy atom. The summed E-state index contributed by atoms with van der Waals surface area (Å²) in [6.45, 7) is 4.16. The summed E-state index contributed by atoms with van der Waals surface area (Å²) in [6.07, 6.45) is 8.97. The molecule has 36 heavy (non-hydrogen) atoms. The van der Waals surface area contributed by atoms with Crippen LogP contribution >= 0.6 is 35.7 Å². The molecule has 1 aromatic rings. The second-order valence-corrected chi connectivity index (χ2v) is 13.0. The molecule has 202 valence electrons. The van der Waals surface area contributed by atoms with Crippen LogP contribution in [0.15, 0.2) is 24.3 Å². The molecule has 1 rings (SSSR count). The molecule has 9 heteroatoms. The fraction of sp³-hybridized carbons (Fsp3) is 0.667. The van der Waals surface area contributed by atoms with Gasteiger partial charge in [0.25, 0.3) is 0 Å². The molecule has 0 saturated carbocycles. The maximum atomic E-state index is 12.6. The summed E-state index contributed by atoms with van der Waals surface area (Å²) in [7, 11) is 0. The van der Waals surface area contributed by atoms with E-state index in [0.717, 1.165) is 27.8 Å². The van der Waals surface area contributed by atoms with E-state index in [1.165, 1.54) is 81.7 Å². The first-order valence-corrected chi connectivity index (χ1v) is 15.0. The molecule has 3 nitrogen and oxygen atoms in total. The molecule has 0 spiro atoms. The Morgan fingerprint density at radius 2 is 1.56 bits per heavy atom. The summed E-state index contributed by atoms with van der Waals surface area (Å²) in [5.74, 6) is 0.693. The summed E-state index contributed by atoms with van der Waals surface area (Å²) in [4.78, 5) is 12.2. The molecule has 0 aliphatic carbocycles. The molecule has 1 aromatic carbocycles. The number of thiocarbonyl (C=S) groups is 1. The van der Waals surface area contributed by atoms with E-state index in [9.17, 15) is 23.2 Å². The quantitative estimate of drug-likeness (QED) is 0.152. The normalized spacial score (nSPS) is 13.1. The fourth-order valence-electron chi connectivity index (χ4n) is 3.54. The molecule has 1 atom stereocenters. The molecule has 0 bridgehead atoms. The SMILES string of the molecule is CCCCCCCCCCCCSC(=S)SC(C)(C#N)CCC(=O)NCc1ccc(C(F)(F)F)cc1. The number of nitrogens with one attached hydrogen (secondary N) is 1. The summed E-state index contributed by atoms with van der Waals surface area (Å²) < 4.78 is 37.9. The Balaban J connectivity index is 2.21. The van der Waals surface area contributed by atoms with Crippen molar-refractivity contribution >= 4 is 45.2 Å². The number of hydrogen-bond acceptors (Lipinski definition) is 5. The van der Waals surface area contributed by atoms with Crippen molar-refractivity contribution in [1.82, 2.24) is 5.32 Å². The molecule has 0 saturated heterocycles. The number of halogens is 3. The molecule has 0 aromatic heterocycles. The molecule has 1 unspecified atom stereocenters. The van der Waals surface area contributed by atoms with Crippen molar-refractivity contribution in [1.29, 1.82) is 5.26 Å². The van der Waals surface area contributed by atoms with Gasteiger partial charge in [-0.3, -0.25) is 4.79 Å². The minimum Gasteiger partial charge on any atom is -0.352 e. The summed E-state index contributed by atoms with van der Waals surface area (Å²) in [5, 5.41) is 12.3. The highest BCUT2D eigenvalue weighted by molar-refractivity contribution is 8.47. The number of nitriles is 1. The molecule has 0 fully saturated rings. The first-order valence-electron chi connectivity index (χ1n) is 12.8. The zero-order chi connectivity index (χ0) is 26.9. The zero-order valence-electron chi connectivity index (χ0n) is 21.4. The van der Waals surface area contributed by atoms with E-state index in [1.54, 1.807) is 18.7 Å². The summed E-state index contributed by atoms with van der Waals surface area (Å²) in [6, 6.07) is 6.98. The predicted octanol–water partition coefficient (Wildman–Crippen LogP) is 9.06. The molecular formula is C27H39F3N2OS3. The lowest BCUT2D eigenvalue weighted by atomic mass is 10.1. The number of carbonyl (C=O) groups excluding carboxylic acids is 1. The van der Waals surface area contributed by atoms with Crippen LogP contribution < -0.4 is 5.32 Å². The molecular weight excluding hydrogens is 522 g/mol. The highest BCUT2D eigenvalue weighted by Crippen LogP contribution is 2.35. The number of alkyl halides is 3. The monoisotopic (exact) mass is 560 g/mol. The molecule has 0 aliphatic heterocycles. The third-order valence-corrected chi connectivity index (χ3v) is 8.71. The fourth-order valence-corrected chi connectivity index (χ4v) is 6.51. The number of unbranched alkanes of at least 4 members (excludes halogenated alkanes) is 9. The van der Waals surface area contributed by atoms with Crippen LogP contribution in [0.2, 0.25) is 0 Å². The van der Waals surface area contributed by atoms with Gasteiger partial charge < -0.3 is 5.32 Å². The number of carbonyl (C=O) groups is 1. The van der Waals surface area contributed by atoms with Crippen LogP contribution in [-0.2, 0) is 17.5 Å². The van der Waals surface area contributed by atoms with Gasteiger partial charge in [-0.15, -0.1) is 11.8 Å². The second-order valence-electron chi connectivity index (χ2n) is 9.20. The number of nitrogens with zero attached hydrogens (tertiary/aromatic N) is 1. The van der Waals surface area contributed by atoms with Gasteiger partial charge in [-0.1, -0.05) is 101 Å². The highest BCUT2D eigenvalue weighted by Gasteiger charge is 2.30. The smallest absolute Gasteiger partial charge is 0.352 e.